The number of hydrogen-bond acceptors (Lipinski definition) is 5. The Morgan fingerprint density at radius 1 is 1.38 bits per heavy atom. The molecule has 2 amide bonds. The van der Waals surface area contributed by atoms with Gasteiger partial charge in [0.15, 0.2) is 0 Å². The van der Waals surface area contributed by atoms with Crippen molar-refractivity contribution in [1.29, 1.82) is 0 Å². The number of carbonyl (C=O) groups is 2. The predicted molar refractivity (Wildman–Crippen MR) is 116 cm³/mol. The first-order valence-electron chi connectivity index (χ1n) is 10.3. The van der Waals surface area contributed by atoms with E-state index in [-0.39, 0.29) is 23.8 Å². The number of rotatable bonds is 7. The summed E-state index contributed by atoms with van der Waals surface area (Å²) in [6.07, 6.45) is 5.27. The maximum atomic E-state index is 12.9. The number of nitrogens with one attached hydrogen (secondary N) is 2. The van der Waals surface area contributed by atoms with Crippen molar-refractivity contribution >= 4 is 23.2 Å². The van der Waals surface area contributed by atoms with E-state index in [0.717, 1.165) is 55.9 Å². The topological polar surface area (TPSA) is 81.3 Å². The number of nitrogens with zero attached hydrogens (tertiary/aromatic N) is 3. The van der Waals surface area contributed by atoms with Crippen molar-refractivity contribution in [3.05, 3.63) is 29.3 Å². The normalized spacial score (nSPS) is 20.2. The highest BCUT2D eigenvalue weighted by Gasteiger charge is 2.29. The molecule has 2 atom stereocenters. The quantitative estimate of drug-likeness (QED) is 0.726. The summed E-state index contributed by atoms with van der Waals surface area (Å²) in [5, 5.41) is 12.1. The van der Waals surface area contributed by atoms with Gasteiger partial charge in [-0.2, -0.15) is 5.10 Å². The summed E-state index contributed by atoms with van der Waals surface area (Å²) in [7, 11) is 3.92. The molecule has 1 aliphatic rings. The summed E-state index contributed by atoms with van der Waals surface area (Å²) in [6.45, 7) is 4.41. The lowest BCUT2D eigenvalue weighted by Crippen LogP contribution is -2.42. The van der Waals surface area contributed by atoms with E-state index in [0.29, 0.717) is 5.56 Å². The molecule has 158 valence electrons. The third kappa shape index (κ3) is 5.45. The second-order valence-electron chi connectivity index (χ2n) is 7.92. The third-order valence-corrected chi connectivity index (χ3v) is 6.37. The van der Waals surface area contributed by atoms with Crippen molar-refractivity contribution in [3.8, 4) is 10.6 Å². The summed E-state index contributed by atoms with van der Waals surface area (Å²) in [4.78, 5) is 30.7. The Labute approximate surface area is 176 Å². The van der Waals surface area contributed by atoms with E-state index < -0.39 is 0 Å². The van der Waals surface area contributed by atoms with Gasteiger partial charge >= 0.3 is 0 Å². The Balaban J connectivity index is 1.61. The predicted octanol–water partition coefficient (Wildman–Crippen LogP) is 2.84. The number of H-pyrrole nitrogens is 1. The zero-order chi connectivity index (χ0) is 20.8. The maximum Gasteiger partial charge on any atom is 0.255 e. The molecule has 0 bridgehead atoms. The monoisotopic (exact) mass is 417 g/mol. The molecule has 7 nitrogen and oxygen atoms in total. The molecular weight excluding hydrogens is 386 g/mol. The Hall–Kier alpha value is -2.19. The van der Waals surface area contributed by atoms with E-state index in [1.165, 1.54) is 0 Å². The molecule has 1 aliphatic heterocycles. The van der Waals surface area contributed by atoms with Crippen molar-refractivity contribution < 1.29 is 9.59 Å². The Bertz CT molecular complexity index is 804. The summed E-state index contributed by atoms with van der Waals surface area (Å²) < 4.78 is 0. The fourth-order valence-electron chi connectivity index (χ4n) is 3.88. The van der Waals surface area contributed by atoms with E-state index in [9.17, 15) is 9.59 Å². The van der Waals surface area contributed by atoms with E-state index in [1.807, 2.05) is 36.5 Å². The number of aromatic amines is 1. The number of carbonyl (C=O) groups excluding carboxylic acids is 2. The first kappa shape index (κ1) is 21.5. The van der Waals surface area contributed by atoms with Crippen molar-refractivity contribution in [2.24, 2.45) is 5.92 Å². The van der Waals surface area contributed by atoms with Gasteiger partial charge in [-0.05, 0) is 37.8 Å². The van der Waals surface area contributed by atoms with Gasteiger partial charge in [-0.3, -0.25) is 14.7 Å². The van der Waals surface area contributed by atoms with Gasteiger partial charge in [0.1, 0.15) is 0 Å². The van der Waals surface area contributed by atoms with Crippen molar-refractivity contribution in [2.75, 3.05) is 33.7 Å². The van der Waals surface area contributed by atoms with Crippen LogP contribution in [0.4, 0.5) is 0 Å². The van der Waals surface area contributed by atoms with E-state index >= 15 is 0 Å². The van der Waals surface area contributed by atoms with Gasteiger partial charge in [-0.25, -0.2) is 0 Å². The zero-order valence-electron chi connectivity index (χ0n) is 17.5. The minimum atomic E-state index is -0.120. The van der Waals surface area contributed by atoms with Gasteiger partial charge in [-0.15, -0.1) is 11.3 Å². The average Bonchev–Trinajstić information content (AvgIpc) is 3.36. The van der Waals surface area contributed by atoms with Crippen molar-refractivity contribution in [1.82, 2.24) is 25.3 Å². The van der Waals surface area contributed by atoms with Crippen LogP contribution in [0, 0.1) is 5.92 Å². The molecule has 0 aromatic carbocycles. The number of unbranched alkanes of at least 4 members (excludes halogenated alkanes) is 1. The van der Waals surface area contributed by atoms with Gasteiger partial charge in [0.25, 0.3) is 5.91 Å². The van der Waals surface area contributed by atoms with Gasteiger partial charge in [-0.1, -0.05) is 19.4 Å². The molecule has 0 aliphatic carbocycles. The van der Waals surface area contributed by atoms with Crippen LogP contribution in [0.3, 0.4) is 0 Å². The van der Waals surface area contributed by atoms with Crippen LogP contribution < -0.4 is 5.32 Å². The van der Waals surface area contributed by atoms with Crippen LogP contribution in [-0.2, 0) is 4.79 Å². The molecule has 2 aromatic heterocycles. The molecule has 2 aromatic rings. The third-order valence-electron chi connectivity index (χ3n) is 5.49. The summed E-state index contributed by atoms with van der Waals surface area (Å²) in [5.74, 6) is 0.0804. The number of hydrogen-bond donors (Lipinski definition) is 2. The standard InChI is InChI=1S/C21H31N5O2S/c1-4-5-10-26(3)21(28)15-8-9-16(14-25(2)13-15)23-20(27)17-12-22-24-19(17)18-7-6-11-29-18/h6-7,11-12,15-16H,4-5,8-10,13-14H2,1-3H3,(H,22,24)(H,23,27)/t15-,16+/m1/s1. The van der Waals surface area contributed by atoms with Gasteiger partial charge in [0.05, 0.1) is 28.2 Å². The van der Waals surface area contributed by atoms with Crippen LogP contribution in [0.5, 0.6) is 0 Å². The largest absolute Gasteiger partial charge is 0.348 e. The Morgan fingerprint density at radius 3 is 2.93 bits per heavy atom. The summed E-state index contributed by atoms with van der Waals surface area (Å²) in [5.41, 5.74) is 1.32. The Kier molecular flexibility index (Phi) is 7.44. The highest BCUT2D eigenvalue weighted by molar-refractivity contribution is 7.13. The summed E-state index contributed by atoms with van der Waals surface area (Å²) in [6, 6.07) is 3.94. The van der Waals surface area contributed by atoms with Crippen LogP contribution in [0.15, 0.2) is 23.7 Å². The smallest absolute Gasteiger partial charge is 0.255 e. The molecule has 0 saturated carbocycles. The highest BCUT2D eigenvalue weighted by atomic mass is 32.1. The fraction of sp³-hybridized carbons (Fsp3) is 0.571. The lowest BCUT2D eigenvalue weighted by Gasteiger charge is -2.25. The lowest BCUT2D eigenvalue weighted by molar-refractivity contribution is -0.134. The van der Waals surface area contributed by atoms with Gasteiger partial charge in [0, 0.05) is 32.7 Å². The van der Waals surface area contributed by atoms with Crippen LogP contribution in [0.1, 0.15) is 43.0 Å². The molecule has 3 heterocycles. The van der Waals surface area contributed by atoms with Crippen LogP contribution in [-0.4, -0.2) is 71.6 Å². The minimum absolute atomic E-state index is 0.0114. The van der Waals surface area contributed by atoms with E-state index in [4.69, 9.17) is 0 Å². The number of amides is 2. The average molecular weight is 418 g/mol. The molecule has 29 heavy (non-hydrogen) atoms. The molecule has 0 unspecified atom stereocenters. The molecule has 1 saturated heterocycles. The van der Waals surface area contributed by atoms with E-state index in [1.54, 1.807) is 17.5 Å². The van der Waals surface area contributed by atoms with Crippen LogP contribution in [0.2, 0.25) is 0 Å². The number of thiophene rings is 1. The highest BCUT2D eigenvalue weighted by Crippen LogP contribution is 2.26. The number of likely N-dealkylation sites (tertiary alicyclic amines) is 1. The molecule has 0 spiro atoms. The summed E-state index contributed by atoms with van der Waals surface area (Å²) >= 11 is 1.57. The number of aromatic nitrogens is 2. The SMILES string of the molecule is CCCCN(C)C(=O)[C@@H]1CC[C@H](NC(=O)c2cn[nH]c2-c2cccs2)CN(C)C1. The molecular formula is C21H31N5O2S. The molecule has 8 heteroatoms. The van der Waals surface area contributed by atoms with Crippen LogP contribution in [0.25, 0.3) is 10.6 Å². The second kappa shape index (κ2) is 10.0. The van der Waals surface area contributed by atoms with Crippen molar-refractivity contribution in [2.45, 2.75) is 38.6 Å². The van der Waals surface area contributed by atoms with Crippen molar-refractivity contribution in [3.63, 3.8) is 0 Å². The first-order chi connectivity index (χ1) is 14.0. The van der Waals surface area contributed by atoms with E-state index in [2.05, 4.69) is 27.3 Å². The molecule has 2 N–H and O–H groups in total. The number of likely N-dealkylation sites (N-methyl/N-ethyl adjacent to an activating group) is 1. The zero-order valence-corrected chi connectivity index (χ0v) is 18.3. The molecule has 0 radical (unpaired) electrons. The lowest BCUT2D eigenvalue weighted by atomic mass is 10.00. The fourth-order valence-corrected chi connectivity index (χ4v) is 4.61. The van der Waals surface area contributed by atoms with Crippen LogP contribution >= 0.6 is 11.3 Å². The molecule has 1 fully saturated rings. The maximum absolute atomic E-state index is 12.9. The van der Waals surface area contributed by atoms with Gasteiger partial charge in [0.2, 0.25) is 5.91 Å². The molecule has 3 rings (SSSR count). The minimum Gasteiger partial charge on any atom is -0.348 e. The Morgan fingerprint density at radius 2 is 2.21 bits per heavy atom. The first-order valence-corrected chi connectivity index (χ1v) is 11.2. The van der Waals surface area contributed by atoms with Gasteiger partial charge < -0.3 is 15.1 Å². The second-order valence-corrected chi connectivity index (χ2v) is 8.86.